The van der Waals surface area contributed by atoms with Gasteiger partial charge in [0.15, 0.2) is 0 Å². The van der Waals surface area contributed by atoms with Gasteiger partial charge in [-0.1, -0.05) is 115 Å². The molecule has 1 N–H and O–H groups in total. The lowest BCUT2D eigenvalue weighted by Crippen LogP contribution is -1.84. The van der Waals surface area contributed by atoms with Crippen molar-refractivity contribution < 1.29 is 4.42 Å². The highest BCUT2D eigenvalue weighted by Crippen LogP contribution is 2.45. The predicted octanol–water partition coefficient (Wildman–Crippen LogP) is 11.9. The summed E-state index contributed by atoms with van der Waals surface area (Å²) in [6.45, 7) is 0. The van der Waals surface area contributed by atoms with E-state index in [0.717, 1.165) is 55.2 Å². The van der Waals surface area contributed by atoms with Gasteiger partial charge in [0.25, 0.3) is 0 Å². The van der Waals surface area contributed by atoms with Crippen LogP contribution in [0.25, 0.3) is 88.3 Å². The molecule has 9 rings (SSSR count). The summed E-state index contributed by atoms with van der Waals surface area (Å²) in [5.41, 5.74) is 13.3. The Morgan fingerprint density at radius 1 is 0.318 bits per heavy atom. The first-order chi connectivity index (χ1) is 21.8. The molecule has 0 amide bonds. The Morgan fingerprint density at radius 3 is 1.41 bits per heavy atom. The number of aromatic nitrogens is 1. The van der Waals surface area contributed by atoms with Gasteiger partial charge in [0.05, 0.1) is 0 Å². The van der Waals surface area contributed by atoms with Gasteiger partial charge in [-0.05, 0) is 75.8 Å². The second kappa shape index (κ2) is 9.86. The van der Waals surface area contributed by atoms with Gasteiger partial charge < -0.3 is 9.40 Å². The molecule has 0 radical (unpaired) electrons. The molecule has 0 fully saturated rings. The number of furan rings is 1. The summed E-state index contributed by atoms with van der Waals surface area (Å²) in [5, 5.41) is 4.67. The van der Waals surface area contributed by atoms with Crippen molar-refractivity contribution in [1.82, 2.24) is 4.98 Å². The van der Waals surface area contributed by atoms with Crippen molar-refractivity contribution in [3.8, 4) is 44.5 Å². The van der Waals surface area contributed by atoms with Crippen LogP contribution < -0.4 is 0 Å². The second-order valence-electron chi connectivity index (χ2n) is 11.4. The molecular weight excluding hydrogens is 534 g/mol. The number of hydrogen-bond acceptors (Lipinski definition) is 1. The van der Waals surface area contributed by atoms with E-state index in [1.807, 2.05) is 0 Å². The number of hydrogen-bond donors (Lipinski definition) is 1. The van der Waals surface area contributed by atoms with Crippen molar-refractivity contribution in [3.05, 3.63) is 158 Å². The third-order valence-electron chi connectivity index (χ3n) is 8.79. The van der Waals surface area contributed by atoms with Crippen molar-refractivity contribution in [2.45, 2.75) is 0 Å². The van der Waals surface area contributed by atoms with Gasteiger partial charge in [-0.25, -0.2) is 0 Å². The SMILES string of the molecule is c1ccc(-c2cc(-c3ccccc3)c3oc4c(-c5ccc6[nH]c7ccccc7c6c5)cc(-c5ccccc5)cc4c3c2)cc1. The maximum Gasteiger partial charge on any atom is 0.143 e. The van der Waals surface area contributed by atoms with E-state index in [2.05, 4.69) is 163 Å². The van der Waals surface area contributed by atoms with Crippen LogP contribution in [0.4, 0.5) is 0 Å². The summed E-state index contributed by atoms with van der Waals surface area (Å²) < 4.78 is 6.98. The van der Waals surface area contributed by atoms with Gasteiger partial charge >= 0.3 is 0 Å². The fourth-order valence-corrected chi connectivity index (χ4v) is 6.64. The van der Waals surface area contributed by atoms with Crippen molar-refractivity contribution in [1.29, 1.82) is 0 Å². The molecular formula is C42H27NO. The van der Waals surface area contributed by atoms with E-state index in [4.69, 9.17) is 4.42 Å². The largest absolute Gasteiger partial charge is 0.455 e. The number of fused-ring (bicyclic) bond motifs is 6. The zero-order valence-corrected chi connectivity index (χ0v) is 23.9. The molecule has 7 aromatic carbocycles. The van der Waals surface area contributed by atoms with E-state index in [-0.39, 0.29) is 0 Å². The van der Waals surface area contributed by atoms with Crippen LogP contribution in [-0.4, -0.2) is 4.98 Å². The Bertz CT molecular complexity index is 2470. The van der Waals surface area contributed by atoms with Gasteiger partial charge in [-0.15, -0.1) is 0 Å². The topological polar surface area (TPSA) is 28.9 Å². The third kappa shape index (κ3) is 3.96. The normalized spacial score (nSPS) is 11.6. The highest BCUT2D eigenvalue weighted by molar-refractivity contribution is 6.16. The first kappa shape index (κ1) is 24.7. The van der Waals surface area contributed by atoms with Crippen molar-refractivity contribution >= 4 is 43.7 Å². The Balaban J connectivity index is 1.39. The third-order valence-corrected chi connectivity index (χ3v) is 8.79. The van der Waals surface area contributed by atoms with E-state index in [0.29, 0.717) is 0 Å². The van der Waals surface area contributed by atoms with Crippen LogP contribution in [-0.2, 0) is 0 Å². The molecule has 2 heteroatoms. The maximum atomic E-state index is 6.98. The van der Waals surface area contributed by atoms with Crippen LogP contribution in [0.1, 0.15) is 0 Å². The summed E-state index contributed by atoms with van der Waals surface area (Å²) in [6, 6.07) is 56.2. The van der Waals surface area contributed by atoms with E-state index in [1.165, 1.54) is 33.0 Å². The Morgan fingerprint density at radius 2 is 0.795 bits per heavy atom. The number of H-pyrrole nitrogens is 1. The van der Waals surface area contributed by atoms with E-state index >= 15 is 0 Å². The molecule has 0 saturated carbocycles. The molecule has 0 bridgehead atoms. The van der Waals surface area contributed by atoms with Gasteiger partial charge in [-0.3, -0.25) is 0 Å². The van der Waals surface area contributed by atoms with Crippen LogP contribution in [0, 0.1) is 0 Å². The minimum Gasteiger partial charge on any atom is -0.455 e. The second-order valence-corrected chi connectivity index (χ2v) is 11.4. The van der Waals surface area contributed by atoms with Gasteiger partial charge in [0, 0.05) is 43.7 Å². The first-order valence-electron chi connectivity index (χ1n) is 15.0. The fourth-order valence-electron chi connectivity index (χ4n) is 6.64. The molecule has 2 aromatic heterocycles. The quantitative estimate of drug-likeness (QED) is 0.227. The van der Waals surface area contributed by atoms with Crippen molar-refractivity contribution in [2.24, 2.45) is 0 Å². The minimum atomic E-state index is 0.904. The average Bonchev–Trinajstić information content (AvgIpc) is 3.66. The number of para-hydroxylation sites is 1. The van der Waals surface area contributed by atoms with Crippen LogP contribution in [0.5, 0.6) is 0 Å². The first-order valence-corrected chi connectivity index (χ1v) is 15.0. The highest BCUT2D eigenvalue weighted by atomic mass is 16.3. The molecule has 0 unspecified atom stereocenters. The van der Waals surface area contributed by atoms with Gasteiger partial charge in [0.1, 0.15) is 11.2 Å². The van der Waals surface area contributed by atoms with E-state index in [1.54, 1.807) is 0 Å². The molecule has 0 aliphatic heterocycles. The summed E-state index contributed by atoms with van der Waals surface area (Å²) in [5.74, 6) is 0. The average molecular weight is 562 g/mol. The summed E-state index contributed by atoms with van der Waals surface area (Å²) in [4.78, 5) is 3.58. The lowest BCUT2D eigenvalue weighted by atomic mass is 9.93. The molecule has 0 atom stereocenters. The minimum absolute atomic E-state index is 0.904. The summed E-state index contributed by atoms with van der Waals surface area (Å²) >= 11 is 0. The lowest BCUT2D eigenvalue weighted by molar-refractivity contribution is 0.671. The standard InChI is InChI=1S/C42H27NO/c1-4-12-27(13-5-1)31-23-34(29-16-8-3-9-17-29)41-37(25-31)38-26-32(28-14-6-2-7-15-28)24-35(42(38)44-41)30-20-21-40-36(22-30)33-18-10-11-19-39(33)43-40/h1-26,43H. The van der Waals surface area contributed by atoms with E-state index in [9.17, 15) is 0 Å². The zero-order valence-electron chi connectivity index (χ0n) is 23.9. The summed E-state index contributed by atoms with van der Waals surface area (Å²) in [7, 11) is 0. The van der Waals surface area contributed by atoms with Gasteiger partial charge in [0.2, 0.25) is 0 Å². The maximum absolute atomic E-state index is 6.98. The molecule has 2 nitrogen and oxygen atoms in total. The Kier molecular flexibility index (Phi) is 5.54. The zero-order chi connectivity index (χ0) is 29.0. The number of aromatic amines is 1. The van der Waals surface area contributed by atoms with Gasteiger partial charge in [-0.2, -0.15) is 0 Å². The molecule has 9 aromatic rings. The molecule has 0 spiro atoms. The number of nitrogens with one attached hydrogen (secondary N) is 1. The molecule has 206 valence electrons. The Labute approximate surface area is 254 Å². The van der Waals surface area contributed by atoms with Crippen LogP contribution in [0.3, 0.4) is 0 Å². The number of benzene rings is 7. The smallest absolute Gasteiger partial charge is 0.143 e. The van der Waals surface area contributed by atoms with Crippen LogP contribution in [0.15, 0.2) is 162 Å². The fraction of sp³-hybridized carbons (Fsp3) is 0. The Hall–Kier alpha value is -5.86. The molecule has 0 aliphatic rings. The molecule has 44 heavy (non-hydrogen) atoms. The van der Waals surface area contributed by atoms with Crippen molar-refractivity contribution in [2.75, 3.05) is 0 Å². The van der Waals surface area contributed by atoms with Crippen molar-refractivity contribution in [3.63, 3.8) is 0 Å². The van der Waals surface area contributed by atoms with Crippen LogP contribution in [0.2, 0.25) is 0 Å². The predicted molar refractivity (Wildman–Crippen MR) is 185 cm³/mol. The molecule has 0 saturated heterocycles. The lowest BCUT2D eigenvalue weighted by Gasteiger charge is -2.09. The van der Waals surface area contributed by atoms with E-state index < -0.39 is 0 Å². The monoisotopic (exact) mass is 561 g/mol. The summed E-state index contributed by atoms with van der Waals surface area (Å²) in [6.07, 6.45) is 0. The molecule has 0 aliphatic carbocycles. The van der Waals surface area contributed by atoms with Crippen LogP contribution >= 0.6 is 0 Å². The number of rotatable bonds is 4. The highest BCUT2D eigenvalue weighted by Gasteiger charge is 2.20. The molecule has 2 heterocycles.